The summed E-state index contributed by atoms with van der Waals surface area (Å²) in [5.41, 5.74) is -0.0100. The maximum Gasteiger partial charge on any atom is 0.354 e. The van der Waals surface area contributed by atoms with E-state index in [1.807, 2.05) is 0 Å². The molecule has 6 nitrogen and oxygen atoms in total. The molecule has 0 fully saturated rings. The van der Waals surface area contributed by atoms with Gasteiger partial charge in [0, 0.05) is 25.2 Å². The summed E-state index contributed by atoms with van der Waals surface area (Å²) in [6, 6.07) is 5.17. The second kappa shape index (κ2) is 7.73. The minimum atomic E-state index is -1.14. The molecular formula is C15H23N3O3. The lowest BCUT2D eigenvalue weighted by atomic mass is 10.2. The molecule has 6 heteroatoms. The molecule has 0 aromatic carbocycles. The van der Waals surface area contributed by atoms with Crippen LogP contribution in [-0.4, -0.2) is 52.0 Å². The van der Waals surface area contributed by atoms with E-state index >= 15 is 0 Å². The van der Waals surface area contributed by atoms with Crippen LogP contribution in [0.2, 0.25) is 0 Å². The summed E-state index contributed by atoms with van der Waals surface area (Å²) in [6.07, 6.45) is 0. The average Bonchev–Trinajstić information content (AvgIpc) is 2.42. The SMILES string of the molecule is CC(C)N(CCNC(=O)c1cccc(C(=O)O)n1)C(C)C. The topological polar surface area (TPSA) is 82.5 Å². The number of aromatic carboxylic acids is 1. The number of aromatic nitrogens is 1. The third-order valence-corrected chi connectivity index (χ3v) is 3.18. The van der Waals surface area contributed by atoms with E-state index in [-0.39, 0.29) is 17.3 Å². The molecule has 1 rings (SSSR count). The lowest BCUT2D eigenvalue weighted by Crippen LogP contribution is -2.42. The Labute approximate surface area is 125 Å². The summed E-state index contributed by atoms with van der Waals surface area (Å²) in [6.45, 7) is 9.67. The van der Waals surface area contributed by atoms with Crippen molar-refractivity contribution >= 4 is 11.9 Å². The van der Waals surface area contributed by atoms with Crippen LogP contribution in [0.4, 0.5) is 0 Å². The number of amides is 1. The summed E-state index contributed by atoms with van der Waals surface area (Å²) in [7, 11) is 0. The molecule has 0 atom stereocenters. The van der Waals surface area contributed by atoms with Crippen molar-refractivity contribution in [2.75, 3.05) is 13.1 Å². The molecule has 0 aliphatic rings. The van der Waals surface area contributed by atoms with Gasteiger partial charge < -0.3 is 10.4 Å². The predicted octanol–water partition coefficient (Wildman–Crippen LogP) is 1.63. The van der Waals surface area contributed by atoms with Crippen molar-refractivity contribution in [3.05, 3.63) is 29.6 Å². The third-order valence-electron chi connectivity index (χ3n) is 3.18. The Morgan fingerprint density at radius 3 is 2.29 bits per heavy atom. The van der Waals surface area contributed by atoms with Crippen molar-refractivity contribution in [3.8, 4) is 0 Å². The van der Waals surface area contributed by atoms with Crippen LogP contribution in [0.3, 0.4) is 0 Å². The standard InChI is InChI=1S/C15H23N3O3/c1-10(2)18(11(3)4)9-8-16-14(19)12-6-5-7-13(17-12)15(20)21/h5-7,10-11H,8-9H2,1-4H3,(H,16,19)(H,20,21). The van der Waals surface area contributed by atoms with Crippen LogP contribution in [-0.2, 0) is 0 Å². The minimum Gasteiger partial charge on any atom is -0.477 e. The van der Waals surface area contributed by atoms with Crippen molar-refractivity contribution in [2.45, 2.75) is 39.8 Å². The number of rotatable bonds is 7. The van der Waals surface area contributed by atoms with Gasteiger partial charge in [0.1, 0.15) is 11.4 Å². The number of hydrogen-bond acceptors (Lipinski definition) is 4. The van der Waals surface area contributed by atoms with Gasteiger partial charge in [-0.2, -0.15) is 0 Å². The number of carbonyl (C=O) groups excluding carboxylic acids is 1. The highest BCUT2D eigenvalue weighted by atomic mass is 16.4. The van der Waals surface area contributed by atoms with Crippen LogP contribution in [0.15, 0.2) is 18.2 Å². The predicted molar refractivity (Wildman–Crippen MR) is 80.5 cm³/mol. The van der Waals surface area contributed by atoms with E-state index in [0.29, 0.717) is 18.6 Å². The first-order chi connectivity index (χ1) is 9.82. The number of nitrogens with one attached hydrogen (secondary N) is 1. The van der Waals surface area contributed by atoms with E-state index in [9.17, 15) is 9.59 Å². The first kappa shape index (κ1) is 17.1. The van der Waals surface area contributed by atoms with Gasteiger partial charge in [0.25, 0.3) is 5.91 Å². The number of pyridine rings is 1. The Kier molecular flexibility index (Phi) is 6.30. The second-order valence-electron chi connectivity index (χ2n) is 5.39. The Morgan fingerprint density at radius 2 is 1.76 bits per heavy atom. The zero-order chi connectivity index (χ0) is 16.0. The number of carboxylic acid groups (broad SMARTS) is 1. The van der Waals surface area contributed by atoms with E-state index in [1.165, 1.54) is 18.2 Å². The molecule has 21 heavy (non-hydrogen) atoms. The van der Waals surface area contributed by atoms with Crippen molar-refractivity contribution < 1.29 is 14.7 Å². The van der Waals surface area contributed by atoms with Crippen molar-refractivity contribution in [2.24, 2.45) is 0 Å². The summed E-state index contributed by atoms with van der Waals surface area (Å²) in [5, 5.41) is 11.6. The highest BCUT2D eigenvalue weighted by Crippen LogP contribution is 2.04. The van der Waals surface area contributed by atoms with Gasteiger partial charge in [-0.25, -0.2) is 9.78 Å². The van der Waals surface area contributed by atoms with E-state index in [4.69, 9.17) is 5.11 Å². The lowest BCUT2D eigenvalue weighted by molar-refractivity contribution is 0.0690. The van der Waals surface area contributed by atoms with E-state index in [0.717, 1.165) is 6.54 Å². The molecule has 1 heterocycles. The van der Waals surface area contributed by atoms with Gasteiger partial charge in [-0.3, -0.25) is 9.69 Å². The maximum atomic E-state index is 12.0. The van der Waals surface area contributed by atoms with E-state index in [1.54, 1.807) is 0 Å². The summed E-state index contributed by atoms with van der Waals surface area (Å²) in [4.78, 5) is 28.9. The van der Waals surface area contributed by atoms with Gasteiger partial charge in [0.05, 0.1) is 0 Å². The molecule has 0 radical (unpaired) electrons. The molecule has 0 bridgehead atoms. The van der Waals surface area contributed by atoms with Gasteiger partial charge >= 0.3 is 5.97 Å². The molecule has 116 valence electrons. The first-order valence-electron chi connectivity index (χ1n) is 7.07. The minimum absolute atomic E-state index is 0.121. The second-order valence-corrected chi connectivity index (χ2v) is 5.39. The largest absolute Gasteiger partial charge is 0.477 e. The molecule has 0 unspecified atom stereocenters. The Balaban J connectivity index is 2.58. The Bertz CT molecular complexity index is 493. The molecule has 0 saturated carbocycles. The number of nitrogens with zero attached hydrogens (tertiary/aromatic N) is 2. The third kappa shape index (κ3) is 5.15. The van der Waals surface area contributed by atoms with Gasteiger partial charge in [-0.15, -0.1) is 0 Å². The average molecular weight is 293 g/mol. The fourth-order valence-electron chi connectivity index (χ4n) is 2.18. The highest BCUT2D eigenvalue weighted by Gasteiger charge is 2.14. The molecule has 0 spiro atoms. The number of carboxylic acids is 1. The van der Waals surface area contributed by atoms with Crippen LogP contribution in [0.25, 0.3) is 0 Å². The normalized spacial score (nSPS) is 11.2. The summed E-state index contributed by atoms with van der Waals surface area (Å²) >= 11 is 0. The van der Waals surface area contributed by atoms with Crippen LogP contribution >= 0.6 is 0 Å². The van der Waals surface area contributed by atoms with Gasteiger partial charge in [-0.05, 0) is 39.8 Å². The van der Waals surface area contributed by atoms with Crippen molar-refractivity contribution in [1.29, 1.82) is 0 Å². The number of carbonyl (C=O) groups is 2. The molecule has 1 aromatic rings. The van der Waals surface area contributed by atoms with Gasteiger partial charge in [0.2, 0.25) is 0 Å². The van der Waals surface area contributed by atoms with E-state index < -0.39 is 5.97 Å². The Hall–Kier alpha value is -1.95. The van der Waals surface area contributed by atoms with Gasteiger partial charge in [-0.1, -0.05) is 6.07 Å². The van der Waals surface area contributed by atoms with Crippen LogP contribution in [0.5, 0.6) is 0 Å². The smallest absolute Gasteiger partial charge is 0.354 e. The van der Waals surface area contributed by atoms with Crippen molar-refractivity contribution in [3.63, 3.8) is 0 Å². The number of hydrogen-bond donors (Lipinski definition) is 2. The lowest BCUT2D eigenvalue weighted by Gasteiger charge is -2.30. The molecule has 0 saturated heterocycles. The summed E-state index contributed by atoms with van der Waals surface area (Å²) < 4.78 is 0. The van der Waals surface area contributed by atoms with Gasteiger partial charge in [0.15, 0.2) is 0 Å². The fraction of sp³-hybridized carbons (Fsp3) is 0.533. The maximum absolute atomic E-state index is 12.0. The molecule has 1 aromatic heterocycles. The van der Waals surface area contributed by atoms with Crippen LogP contribution in [0, 0.1) is 0 Å². The van der Waals surface area contributed by atoms with Crippen molar-refractivity contribution in [1.82, 2.24) is 15.2 Å². The van der Waals surface area contributed by atoms with E-state index in [2.05, 4.69) is 42.9 Å². The molecular weight excluding hydrogens is 270 g/mol. The zero-order valence-electron chi connectivity index (χ0n) is 13.0. The first-order valence-corrected chi connectivity index (χ1v) is 7.07. The highest BCUT2D eigenvalue weighted by molar-refractivity contribution is 5.94. The molecule has 2 N–H and O–H groups in total. The molecule has 0 aliphatic carbocycles. The zero-order valence-corrected chi connectivity index (χ0v) is 13.0. The van der Waals surface area contributed by atoms with Crippen LogP contribution in [0.1, 0.15) is 48.7 Å². The molecule has 0 aliphatic heterocycles. The quantitative estimate of drug-likeness (QED) is 0.798. The molecule has 1 amide bonds. The Morgan fingerprint density at radius 1 is 1.19 bits per heavy atom. The summed E-state index contributed by atoms with van der Waals surface area (Å²) in [5.74, 6) is -1.50. The monoisotopic (exact) mass is 293 g/mol. The van der Waals surface area contributed by atoms with Crippen LogP contribution < -0.4 is 5.32 Å². The fourth-order valence-corrected chi connectivity index (χ4v) is 2.18.